The minimum absolute atomic E-state index is 0.000568. The van der Waals surface area contributed by atoms with Crippen molar-refractivity contribution in [1.29, 1.82) is 0 Å². The van der Waals surface area contributed by atoms with E-state index < -0.39 is 47.2 Å². The van der Waals surface area contributed by atoms with Gasteiger partial charge in [0.1, 0.15) is 17.3 Å². The fraction of sp³-hybridized carbons (Fsp3) is 0.373. The SMILES string of the molecule is CCCOc1ccc(-c2nc(-c3cc(CCC(=O)[C@@](C)(OC)C(F)(F)F)ccc3Cl)[nH]c(=O)n2)cc1.CCCOc1ccc(-c2nc(OC)nc(-c3cc(CCC(=O)[C@@](C)(OC)C(F)(F)F)ccc3Cl)n2)cc1. The highest BCUT2D eigenvalue weighted by Gasteiger charge is 2.57. The summed E-state index contributed by atoms with van der Waals surface area (Å²) in [4.78, 5) is 61.0. The molecule has 0 aliphatic heterocycles. The number of carbonyl (C=O) groups excluding carboxylic acids is 2. The third-order valence-corrected chi connectivity index (χ3v) is 12.1. The van der Waals surface area contributed by atoms with Gasteiger partial charge in [-0.1, -0.05) is 49.2 Å². The predicted molar refractivity (Wildman–Crippen MR) is 262 cm³/mol. The molecule has 2 aromatic heterocycles. The van der Waals surface area contributed by atoms with Crippen molar-refractivity contribution in [2.75, 3.05) is 34.5 Å². The van der Waals surface area contributed by atoms with Crippen LogP contribution in [0.2, 0.25) is 10.0 Å². The summed E-state index contributed by atoms with van der Waals surface area (Å²) in [6.45, 7) is 6.62. The number of halogens is 8. The Bertz CT molecular complexity index is 2910. The fourth-order valence-corrected chi connectivity index (χ4v) is 7.16. The largest absolute Gasteiger partial charge is 0.494 e. The van der Waals surface area contributed by atoms with Crippen LogP contribution in [0, 0.1) is 0 Å². The molecule has 14 nitrogen and oxygen atoms in total. The molecule has 1 N–H and O–H groups in total. The van der Waals surface area contributed by atoms with Gasteiger partial charge in [-0.15, -0.1) is 0 Å². The number of Topliss-reactive ketones (excluding diaryl/α,β-unsaturated/α-hetero) is 2. The minimum Gasteiger partial charge on any atom is -0.494 e. The Morgan fingerprint density at radius 3 is 1.42 bits per heavy atom. The molecule has 0 fully saturated rings. The van der Waals surface area contributed by atoms with Crippen LogP contribution in [0.25, 0.3) is 45.6 Å². The molecule has 0 aliphatic carbocycles. The lowest BCUT2D eigenvalue weighted by Crippen LogP contribution is -2.51. The molecule has 0 saturated carbocycles. The summed E-state index contributed by atoms with van der Waals surface area (Å²) < 4.78 is 105. The van der Waals surface area contributed by atoms with E-state index in [-0.39, 0.29) is 47.8 Å². The number of aryl methyl sites for hydroxylation is 2. The smallest absolute Gasteiger partial charge is 0.424 e. The number of hydrogen-bond acceptors (Lipinski definition) is 13. The zero-order valence-corrected chi connectivity index (χ0v) is 42.3. The van der Waals surface area contributed by atoms with Crippen LogP contribution in [0.1, 0.15) is 64.5 Å². The molecule has 0 bridgehead atoms. The van der Waals surface area contributed by atoms with E-state index in [0.717, 1.165) is 34.0 Å². The Labute approximate surface area is 426 Å². The Hall–Kier alpha value is -6.48. The minimum atomic E-state index is -4.85. The van der Waals surface area contributed by atoms with Gasteiger partial charge in [-0.3, -0.25) is 14.6 Å². The predicted octanol–water partition coefficient (Wildman–Crippen LogP) is 11.5. The Morgan fingerprint density at radius 1 is 0.575 bits per heavy atom. The van der Waals surface area contributed by atoms with E-state index >= 15 is 0 Å². The van der Waals surface area contributed by atoms with Gasteiger partial charge in [-0.05, 0) is 123 Å². The lowest BCUT2D eigenvalue weighted by atomic mass is 9.94. The summed E-state index contributed by atoms with van der Waals surface area (Å²) in [5.41, 5.74) is -3.29. The summed E-state index contributed by atoms with van der Waals surface area (Å²) in [5.74, 6) is 0.0516. The molecular formula is C51H52Cl2F6N6O8. The molecule has 0 unspecified atom stereocenters. The monoisotopic (exact) mass is 1060 g/mol. The molecule has 4 aromatic carbocycles. The highest BCUT2D eigenvalue weighted by molar-refractivity contribution is 6.33. The van der Waals surface area contributed by atoms with Crippen LogP contribution >= 0.6 is 23.2 Å². The third kappa shape index (κ3) is 14.4. The van der Waals surface area contributed by atoms with Gasteiger partial charge in [0.2, 0.25) is 11.2 Å². The van der Waals surface area contributed by atoms with Crippen LogP contribution in [0.15, 0.2) is 89.7 Å². The van der Waals surface area contributed by atoms with E-state index in [0.29, 0.717) is 75.9 Å². The van der Waals surface area contributed by atoms with E-state index in [1.807, 2.05) is 13.8 Å². The quantitative estimate of drug-likeness (QED) is 0.0674. The molecule has 0 radical (unpaired) electrons. The molecule has 2 atom stereocenters. The molecular weight excluding hydrogens is 1010 g/mol. The number of ketones is 2. The summed E-state index contributed by atoms with van der Waals surface area (Å²) >= 11 is 12.8. The van der Waals surface area contributed by atoms with Gasteiger partial charge in [0.15, 0.2) is 29.0 Å². The van der Waals surface area contributed by atoms with Crippen LogP contribution in [-0.4, -0.2) is 99.6 Å². The van der Waals surface area contributed by atoms with Crippen molar-refractivity contribution in [2.45, 2.75) is 89.8 Å². The maximum absolute atomic E-state index is 13.3. The van der Waals surface area contributed by atoms with E-state index in [9.17, 15) is 40.7 Å². The van der Waals surface area contributed by atoms with Gasteiger partial charge in [-0.2, -0.15) is 41.3 Å². The lowest BCUT2D eigenvalue weighted by Gasteiger charge is -2.29. The molecule has 6 aromatic rings. The number of hydrogen-bond donors (Lipinski definition) is 1. The van der Waals surface area contributed by atoms with Crippen molar-refractivity contribution < 1.29 is 59.6 Å². The van der Waals surface area contributed by atoms with E-state index in [4.69, 9.17) is 37.4 Å². The number of alkyl halides is 6. The van der Waals surface area contributed by atoms with Gasteiger partial charge in [0.25, 0.3) is 0 Å². The normalized spacial score (nSPS) is 13.2. The Morgan fingerprint density at radius 2 is 1.00 bits per heavy atom. The number of carbonyl (C=O) groups is 2. The maximum atomic E-state index is 13.3. The van der Waals surface area contributed by atoms with E-state index in [2.05, 4.69) is 39.4 Å². The number of aromatic nitrogens is 6. The van der Waals surface area contributed by atoms with E-state index in [1.54, 1.807) is 78.9 Å². The Balaban J connectivity index is 0.000000271. The average molecular weight is 1060 g/mol. The van der Waals surface area contributed by atoms with Gasteiger partial charge in [0, 0.05) is 49.3 Å². The number of nitrogens with zero attached hydrogens (tertiary/aromatic N) is 5. The highest BCUT2D eigenvalue weighted by Crippen LogP contribution is 2.37. The maximum Gasteiger partial charge on any atom is 0.424 e. The first-order valence-electron chi connectivity index (χ1n) is 22.6. The molecule has 73 heavy (non-hydrogen) atoms. The zero-order chi connectivity index (χ0) is 53.7. The zero-order valence-electron chi connectivity index (χ0n) is 40.8. The first kappa shape index (κ1) is 57.4. The molecule has 0 spiro atoms. The van der Waals surface area contributed by atoms with Gasteiger partial charge in [0.05, 0.1) is 30.4 Å². The van der Waals surface area contributed by atoms with Gasteiger partial charge < -0.3 is 23.7 Å². The number of nitrogens with one attached hydrogen (secondary N) is 1. The Kier molecular flexibility index (Phi) is 19.6. The third-order valence-electron chi connectivity index (χ3n) is 11.4. The molecule has 0 saturated heterocycles. The van der Waals surface area contributed by atoms with Crippen molar-refractivity contribution in [3.63, 3.8) is 0 Å². The molecule has 6 rings (SSSR count). The molecule has 390 valence electrons. The summed E-state index contributed by atoms with van der Waals surface area (Å²) in [5, 5.41) is 0.570. The van der Waals surface area contributed by atoms with Crippen molar-refractivity contribution in [1.82, 2.24) is 29.9 Å². The van der Waals surface area contributed by atoms with Crippen molar-refractivity contribution in [3.05, 3.63) is 117 Å². The second-order valence-corrected chi connectivity index (χ2v) is 17.3. The first-order valence-corrected chi connectivity index (χ1v) is 23.4. The van der Waals surface area contributed by atoms with Crippen LogP contribution in [0.5, 0.6) is 17.5 Å². The van der Waals surface area contributed by atoms with E-state index in [1.165, 1.54) is 13.2 Å². The second kappa shape index (κ2) is 25.0. The van der Waals surface area contributed by atoms with Gasteiger partial charge in [-0.25, -0.2) is 14.8 Å². The number of aromatic amines is 1. The molecule has 0 aliphatic rings. The standard InChI is InChI=1S/C26H27ClF3N3O4.C25H25ClF3N3O4/c1-5-14-37-18-10-8-17(9-11-18)22-31-23(33-24(32-22)35-3)19-15-16(6-12-20(19)27)7-13-21(34)25(2,36-4)26(28,29)30;1-4-13-36-17-9-7-16(8-10-17)21-30-22(32-23(34)31-21)18-14-15(5-11-19(18)26)6-12-20(33)24(2,35-3)25(27,28)29/h6,8-12,15H,5,7,13-14H2,1-4H3;5,7-11,14H,4,6,12-13H2,1-3H3,(H,30,31,32,34)/t25-;24-/m11/s1. The van der Waals surface area contributed by atoms with Crippen molar-refractivity contribution >= 4 is 34.8 Å². The molecule has 0 amide bonds. The number of ether oxygens (including phenoxy) is 5. The topological polar surface area (TPSA) is 178 Å². The fourth-order valence-electron chi connectivity index (χ4n) is 6.76. The summed E-state index contributed by atoms with van der Waals surface area (Å²) in [6, 6.07) is 23.7. The van der Waals surface area contributed by atoms with Crippen LogP contribution in [0.3, 0.4) is 0 Å². The second-order valence-electron chi connectivity index (χ2n) is 16.5. The average Bonchev–Trinajstić information content (AvgIpc) is 3.37. The van der Waals surface area contributed by atoms with Crippen molar-refractivity contribution in [3.8, 4) is 63.1 Å². The molecule has 22 heteroatoms. The highest BCUT2D eigenvalue weighted by atomic mass is 35.5. The number of methoxy groups -OCH3 is 3. The number of benzene rings is 4. The van der Waals surface area contributed by atoms with Crippen LogP contribution < -0.4 is 19.9 Å². The lowest BCUT2D eigenvalue weighted by molar-refractivity contribution is -0.253. The van der Waals surface area contributed by atoms with Crippen LogP contribution in [0.4, 0.5) is 26.3 Å². The number of H-pyrrole nitrogens is 1. The summed E-state index contributed by atoms with van der Waals surface area (Å²) in [7, 11) is 3.13. The molecule has 2 heterocycles. The van der Waals surface area contributed by atoms with Crippen molar-refractivity contribution in [2.24, 2.45) is 0 Å². The van der Waals surface area contributed by atoms with Gasteiger partial charge >= 0.3 is 24.1 Å². The summed E-state index contributed by atoms with van der Waals surface area (Å²) in [6.07, 6.45) is -8.69. The first-order chi connectivity index (χ1) is 34.5. The number of rotatable bonds is 21. The van der Waals surface area contributed by atoms with Crippen LogP contribution in [-0.2, 0) is 31.9 Å².